The second-order valence-electron chi connectivity index (χ2n) is 5.91. The van der Waals surface area contributed by atoms with Crippen molar-refractivity contribution in [1.29, 1.82) is 0 Å². The molecule has 3 N–H and O–H groups in total. The van der Waals surface area contributed by atoms with Gasteiger partial charge in [-0.1, -0.05) is 20.8 Å². The number of hydrogen-bond donors (Lipinski definition) is 2. The van der Waals surface area contributed by atoms with E-state index in [4.69, 9.17) is 5.73 Å². The summed E-state index contributed by atoms with van der Waals surface area (Å²) < 4.78 is 27.2. The number of hydrogen-bond acceptors (Lipinski definition) is 2. The van der Waals surface area contributed by atoms with Crippen molar-refractivity contribution >= 4 is 0 Å². The van der Waals surface area contributed by atoms with Crippen LogP contribution in [0.5, 0.6) is 0 Å². The Kier molecular flexibility index (Phi) is 3.90. The maximum atomic E-state index is 13.9. The van der Waals surface area contributed by atoms with Gasteiger partial charge in [-0.05, 0) is 24.3 Å². The molecule has 108 valence electrons. The van der Waals surface area contributed by atoms with Crippen LogP contribution in [0.15, 0.2) is 24.3 Å². The molecule has 0 amide bonds. The second-order valence-corrected chi connectivity index (χ2v) is 5.91. The lowest BCUT2D eigenvalue weighted by atomic mass is 9.90. The van der Waals surface area contributed by atoms with Gasteiger partial charge in [-0.25, -0.2) is 8.78 Å². The van der Waals surface area contributed by atoms with Crippen LogP contribution in [0, 0.1) is 11.6 Å². The molecular formula is C15H19F2N3. The zero-order chi connectivity index (χ0) is 14.9. The summed E-state index contributed by atoms with van der Waals surface area (Å²) in [5.74, 6) is -1.38. The molecule has 3 nitrogen and oxygen atoms in total. The van der Waals surface area contributed by atoms with Crippen LogP contribution >= 0.6 is 0 Å². The summed E-state index contributed by atoms with van der Waals surface area (Å²) in [6, 6.07) is 5.26. The summed E-state index contributed by atoms with van der Waals surface area (Å²) >= 11 is 0. The van der Waals surface area contributed by atoms with Gasteiger partial charge in [-0.3, -0.25) is 5.10 Å². The lowest BCUT2D eigenvalue weighted by molar-refractivity contribution is 0.566. The van der Waals surface area contributed by atoms with E-state index in [0.717, 1.165) is 17.8 Å². The quantitative estimate of drug-likeness (QED) is 0.907. The predicted molar refractivity (Wildman–Crippen MR) is 74.5 cm³/mol. The Morgan fingerprint density at radius 1 is 1.25 bits per heavy atom. The Balaban J connectivity index is 2.42. The molecule has 1 aromatic carbocycles. The maximum absolute atomic E-state index is 13.9. The van der Waals surface area contributed by atoms with Crippen LogP contribution in [0.4, 0.5) is 8.78 Å². The fourth-order valence-electron chi connectivity index (χ4n) is 2.10. The monoisotopic (exact) mass is 279 g/mol. The van der Waals surface area contributed by atoms with E-state index in [-0.39, 0.29) is 17.5 Å². The van der Waals surface area contributed by atoms with Crippen molar-refractivity contribution in [3.63, 3.8) is 0 Å². The van der Waals surface area contributed by atoms with Gasteiger partial charge in [0.05, 0.1) is 5.69 Å². The van der Waals surface area contributed by atoms with Crippen LogP contribution in [-0.2, 0) is 5.41 Å². The van der Waals surface area contributed by atoms with E-state index in [1.165, 1.54) is 6.07 Å². The first kappa shape index (κ1) is 14.7. The molecule has 1 aromatic heterocycles. The predicted octanol–water partition coefficient (Wildman–Crippen LogP) is 3.08. The minimum atomic E-state index is -0.476. The lowest BCUT2D eigenvalue weighted by Crippen LogP contribution is -2.16. The van der Waals surface area contributed by atoms with Gasteiger partial charge >= 0.3 is 0 Å². The second kappa shape index (κ2) is 5.32. The molecule has 5 heteroatoms. The molecule has 0 aliphatic heterocycles. The Labute approximate surface area is 117 Å². The Bertz CT molecular complexity index is 599. The van der Waals surface area contributed by atoms with Gasteiger partial charge in [-0.2, -0.15) is 5.10 Å². The number of aromatic nitrogens is 2. The fraction of sp³-hybridized carbons (Fsp3) is 0.400. The highest BCUT2D eigenvalue weighted by atomic mass is 19.1. The summed E-state index contributed by atoms with van der Waals surface area (Å²) in [6.07, 6.45) is 0. The van der Waals surface area contributed by atoms with Crippen LogP contribution in [0.2, 0.25) is 0 Å². The van der Waals surface area contributed by atoms with Gasteiger partial charge in [0.2, 0.25) is 0 Å². The average Bonchev–Trinajstić information content (AvgIpc) is 2.84. The van der Waals surface area contributed by atoms with E-state index in [1.807, 2.05) is 26.8 Å². The van der Waals surface area contributed by atoms with E-state index < -0.39 is 17.6 Å². The third-order valence-corrected chi connectivity index (χ3v) is 3.31. The first-order valence-corrected chi connectivity index (χ1v) is 6.53. The molecule has 0 saturated carbocycles. The Morgan fingerprint density at radius 3 is 2.50 bits per heavy atom. The standard InChI is InChI=1S/C15H19F2N3/c1-15(2,3)14-7-13(19-20-14)11(8-18)10-6-9(16)4-5-12(10)17/h4-7,11H,8,18H2,1-3H3,(H,19,20). The fourth-order valence-corrected chi connectivity index (χ4v) is 2.10. The number of nitrogens with one attached hydrogen (secondary N) is 1. The van der Waals surface area contributed by atoms with Crippen molar-refractivity contribution in [2.45, 2.75) is 32.1 Å². The third-order valence-electron chi connectivity index (χ3n) is 3.31. The number of halogens is 2. The lowest BCUT2D eigenvalue weighted by Gasteiger charge is -2.15. The van der Waals surface area contributed by atoms with Gasteiger partial charge in [0.25, 0.3) is 0 Å². The number of nitrogens with two attached hydrogens (primary N) is 1. The average molecular weight is 279 g/mol. The molecule has 0 saturated heterocycles. The summed E-state index contributed by atoms with van der Waals surface area (Å²) in [7, 11) is 0. The van der Waals surface area contributed by atoms with Crippen molar-refractivity contribution < 1.29 is 8.78 Å². The molecular weight excluding hydrogens is 260 g/mol. The number of H-pyrrole nitrogens is 1. The van der Waals surface area contributed by atoms with Crippen LogP contribution in [0.1, 0.15) is 43.6 Å². The van der Waals surface area contributed by atoms with Crippen LogP contribution in [0.3, 0.4) is 0 Å². The van der Waals surface area contributed by atoms with Gasteiger partial charge < -0.3 is 5.73 Å². The Morgan fingerprint density at radius 2 is 1.95 bits per heavy atom. The van der Waals surface area contributed by atoms with Crippen LogP contribution in [0.25, 0.3) is 0 Å². The highest BCUT2D eigenvalue weighted by Crippen LogP contribution is 2.28. The number of rotatable bonds is 3. The number of aromatic amines is 1. The summed E-state index contributed by atoms with van der Waals surface area (Å²) in [6.45, 7) is 6.28. The molecule has 0 fully saturated rings. The van der Waals surface area contributed by atoms with Gasteiger partial charge in [-0.15, -0.1) is 0 Å². The maximum Gasteiger partial charge on any atom is 0.127 e. The summed E-state index contributed by atoms with van der Waals surface area (Å²) in [5.41, 5.74) is 7.43. The molecule has 1 unspecified atom stereocenters. The summed E-state index contributed by atoms with van der Waals surface area (Å²) in [4.78, 5) is 0. The zero-order valence-electron chi connectivity index (χ0n) is 11.9. The molecule has 1 heterocycles. The largest absolute Gasteiger partial charge is 0.329 e. The normalized spacial score (nSPS) is 13.5. The van der Waals surface area contributed by atoms with Crippen molar-refractivity contribution in [2.24, 2.45) is 5.73 Å². The first-order chi connectivity index (χ1) is 9.32. The molecule has 2 rings (SSSR count). The van der Waals surface area contributed by atoms with Crippen molar-refractivity contribution in [3.8, 4) is 0 Å². The van der Waals surface area contributed by atoms with Crippen LogP contribution in [-0.4, -0.2) is 16.7 Å². The number of benzene rings is 1. The molecule has 0 spiro atoms. The van der Waals surface area contributed by atoms with Crippen molar-refractivity contribution in [3.05, 3.63) is 52.9 Å². The molecule has 2 aromatic rings. The highest BCUT2D eigenvalue weighted by molar-refractivity contribution is 5.32. The van der Waals surface area contributed by atoms with Crippen molar-refractivity contribution in [2.75, 3.05) is 6.54 Å². The molecule has 0 bridgehead atoms. The molecule has 0 radical (unpaired) electrons. The van der Waals surface area contributed by atoms with Crippen LogP contribution < -0.4 is 5.73 Å². The summed E-state index contributed by atoms with van der Waals surface area (Å²) in [5, 5.41) is 7.13. The third kappa shape index (κ3) is 2.88. The molecule has 20 heavy (non-hydrogen) atoms. The number of nitrogens with zero attached hydrogens (tertiary/aromatic N) is 1. The van der Waals surface area contributed by atoms with E-state index in [2.05, 4.69) is 10.2 Å². The highest BCUT2D eigenvalue weighted by Gasteiger charge is 2.23. The molecule has 1 atom stereocenters. The van der Waals surface area contributed by atoms with Gasteiger partial charge in [0, 0.05) is 29.1 Å². The first-order valence-electron chi connectivity index (χ1n) is 6.53. The molecule has 0 aliphatic rings. The van der Waals surface area contributed by atoms with Gasteiger partial charge in [0.1, 0.15) is 11.6 Å². The smallest absolute Gasteiger partial charge is 0.127 e. The van der Waals surface area contributed by atoms with Crippen molar-refractivity contribution in [1.82, 2.24) is 10.2 Å². The van der Waals surface area contributed by atoms with Gasteiger partial charge in [0.15, 0.2) is 0 Å². The van der Waals surface area contributed by atoms with E-state index in [9.17, 15) is 8.78 Å². The Hall–Kier alpha value is -1.75. The minimum absolute atomic E-state index is 0.117. The SMILES string of the molecule is CC(C)(C)c1cc(C(CN)c2cc(F)ccc2F)[nH]n1. The zero-order valence-corrected chi connectivity index (χ0v) is 11.9. The minimum Gasteiger partial charge on any atom is -0.329 e. The molecule has 0 aliphatic carbocycles. The van der Waals surface area contributed by atoms with E-state index >= 15 is 0 Å². The van der Waals surface area contributed by atoms with E-state index in [1.54, 1.807) is 0 Å². The topological polar surface area (TPSA) is 54.7 Å². The van der Waals surface area contributed by atoms with E-state index in [0.29, 0.717) is 5.69 Å².